The number of hydrogen-bond donors (Lipinski definition) is 1. The van der Waals surface area contributed by atoms with Gasteiger partial charge in [-0.15, -0.1) is 0 Å². The van der Waals surface area contributed by atoms with Crippen molar-refractivity contribution in [3.05, 3.63) is 65.7 Å². The van der Waals surface area contributed by atoms with Gasteiger partial charge in [0, 0.05) is 32.7 Å². The lowest BCUT2D eigenvalue weighted by Crippen LogP contribution is -2.28. The first-order valence-electron chi connectivity index (χ1n) is 8.38. The van der Waals surface area contributed by atoms with Gasteiger partial charge in [0.15, 0.2) is 0 Å². The molecule has 134 valence electrons. The number of amides is 1. The maximum Gasteiger partial charge on any atom is 0.255 e. The van der Waals surface area contributed by atoms with Crippen molar-refractivity contribution in [2.24, 2.45) is 0 Å². The Balaban J connectivity index is 1.83. The van der Waals surface area contributed by atoms with Crippen molar-refractivity contribution >= 4 is 11.9 Å². The second kappa shape index (κ2) is 7.35. The minimum absolute atomic E-state index is 0.198. The Kier molecular flexibility index (Phi) is 4.97. The highest BCUT2D eigenvalue weighted by molar-refractivity contribution is 5.95. The Hall–Kier alpha value is -3.22. The maximum atomic E-state index is 12.7. The summed E-state index contributed by atoms with van der Waals surface area (Å²) in [6, 6.07) is 9.53. The molecule has 0 bridgehead atoms. The van der Waals surface area contributed by atoms with Crippen LogP contribution < -0.4 is 10.2 Å². The summed E-state index contributed by atoms with van der Waals surface area (Å²) in [5.41, 5.74) is 3.03. The minimum atomic E-state index is -0.199. The van der Waals surface area contributed by atoms with E-state index in [4.69, 9.17) is 0 Å². The van der Waals surface area contributed by atoms with Crippen molar-refractivity contribution < 1.29 is 4.79 Å². The zero-order valence-electron chi connectivity index (χ0n) is 15.3. The summed E-state index contributed by atoms with van der Waals surface area (Å²) in [6.07, 6.45) is 5.18. The number of para-hydroxylation sites is 1. The first-order chi connectivity index (χ1) is 12.5. The standard InChI is InChI=1S/C19H22N6O/c1-13(15-8-5-6-9-17(15)25-11-7-10-21-25)22-18(26)16-12-20-19(24(3)4)23-14(16)2/h5-13H,1-4H3,(H,22,26). The van der Waals surface area contributed by atoms with Crippen LogP contribution in [-0.4, -0.2) is 39.8 Å². The van der Waals surface area contributed by atoms with Crippen molar-refractivity contribution in [2.75, 3.05) is 19.0 Å². The molecule has 0 radical (unpaired) electrons. The van der Waals surface area contributed by atoms with Crippen LogP contribution in [0.5, 0.6) is 0 Å². The molecule has 2 heterocycles. The van der Waals surface area contributed by atoms with Gasteiger partial charge in [-0.05, 0) is 31.5 Å². The molecule has 1 amide bonds. The quantitative estimate of drug-likeness (QED) is 0.765. The van der Waals surface area contributed by atoms with Gasteiger partial charge in [-0.2, -0.15) is 5.10 Å². The topological polar surface area (TPSA) is 75.9 Å². The van der Waals surface area contributed by atoms with Crippen LogP contribution in [0.15, 0.2) is 48.9 Å². The van der Waals surface area contributed by atoms with Crippen LogP contribution in [0.2, 0.25) is 0 Å². The van der Waals surface area contributed by atoms with E-state index in [1.807, 2.05) is 64.5 Å². The summed E-state index contributed by atoms with van der Waals surface area (Å²) < 4.78 is 1.79. The Morgan fingerprint density at radius 3 is 2.65 bits per heavy atom. The molecule has 1 unspecified atom stereocenters. The van der Waals surface area contributed by atoms with Crippen LogP contribution in [0.4, 0.5) is 5.95 Å². The molecule has 1 atom stereocenters. The number of nitrogens with one attached hydrogen (secondary N) is 1. The number of carbonyl (C=O) groups is 1. The number of rotatable bonds is 5. The van der Waals surface area contributed by atoms with Crippen LogP contribution in [0.1, 0.15) is 34.6 Å². The third-order valence-corrected chi connectivity index (χ3v) is 4.11. The number of hydrogen-bond acceptors (Lipinski definition) is 5. The minimum Gasteiger partial charge on any atom is -0.347 e. The molecule has 1 N–H and O–H groups in total. The van der Waals surface area contributed by atoms with Crippen molar-refractivity contribution in [1.29, 1.82) is 0 Å². The molecule has 3 aromatic rings. The van der Waals surface area contributed by atoms with E-state index in [-0.39, 0.29) is 11.9 Å². The van der Waals surface area contributed by atoms with Gasteiger partial charge in [-0.1, -0.05) is 18.2 Å². The number of aryl methyl sites for hydroxylation is 1. The molecule has 0 fully saturated rings. The average molecular weight is 350 g/mol. The number of benzene rings is 1. The highest BCUT2D eigenvalue weighted by atomic mass is 16.1. The summed E-state index contributed by atoms with van der Waals surface area (Å²) in [5.74, 6) is 0.381. The van der Waals surface area contributed by atoms with Crippen molar-refractivity contribution in [3.8, 4) is 5.69 Å². The number of nitrogens with zero attached hydrogens (tertiary/aromatic N) is 5. The van der Waals surface area contributed by atoms with Gasteiger partial charge in [0.05, 0.1) is 23.0 Å². The van der Waals surface area contributed by atoms with Crippen molar-refractivity contribution in [3.63, 3.8) is 0 Å². The van der Waals surface area contributed by atoms with E-state index < -0.39 is 0 Å². The Morgan fingerprint density at radius 1 is 1.23 bits per heavy atom. The molecule has 1 aromatic carbocycles. The van der Waals surface area contributed by atoms with Gasteiger partial charge in [-0.3, -0.25) is 4.79 Å². The molecule has 7 heteroatoms. The zero-order valence-corrected chi connectivity index (χ0v) is 15.3. The van der Waals surface area contributed by atoms with E-state index in [1.165, 1.54) is 0 Å². The molecule has 0 aliphatic heterocycles. The van der Waals surface area contributed by atoms with E-state index in [1.54, 1.807) is 22.0 Å². The van der Waals surface area contributed by atoms with E-state index in [2.05, 4.69) is 20.4 Å². The molecule has 0 saturated heterocycles. The Bertz CT molecular complexity index is 904. The third-order valence-electron chi connectivity index (χ3n) is 4.11. The summed E-state index contributed by atoms with van der Waals surface area (Å²) in [5, 5.41) is 7.32. The van der Waals surface area contributed by atoms with E-state index >= 15 is 0 Å². The van der Waals surface area contributed by atoms with Crippen molar-refractivity contribution in [1.82, 2.24) is 25.1 Å². The fourth-order valence-corrected chi connectivity index (χ4v) is 2.72. The molecule has 7 nitrogen and oxygen atoms in total. The fourth-order valence-electron chi connectivity index (χ4n) is 2.72. The Morgan fingerprint density at radius 2 is 2.00 bits per heavy atom. The first kappa shape index (κ1) is 17.6. The first-order valence-corrected chi connectivity index (χ1v) is 8.38. The third kappa shape index (κ3) is 3.56. The van der Waals surface area contributed by atoms with E-state index in [9.17, 15) is 4.79 Å². The molecule has 0 saturated carbocycles. The number of carbonyl (C=O) groups excluding carboxylic acids is 1. The summed E-state index contributed by atoms with van der Waals surface area (Å²) in [6.45, 7) is 3.76. The largest absolute Gasteiger partial charge is 0.347 e. The summed E-state index contributed by atoms with van der Waals surface area (Å²) in [4.78, 5) is 23.1. The van der Waals surface area contributed by atoms with Gasteiger partial charge in [-0.25, -0.2) is 14.6 Å². The molecule has 26 heavy (non-hydrogen) atoms. The van der Waals surface area contributed by atoms with Gasteiger partial charge in [0.2, 0.25) is 5.95 Å². The van der Waals surface area contributed by atoms with Crippen molar-refractivity contribution in [2.45, 2.75) is 19.9 Å². The van der Waals surface area contributed by atoms with Crippen LogP contribution >= 0.6 is 0 Å². The highest BCUT2D eigenvalue weighted by Crippen LogP contribution is 2.21. The van der Waals surface area contributed by atoms with Crippen LogP contribution in [0.3, 0.4) is 0 Å². The molecule has 3 rings (SSSR count). The average Bonchev–Trinajstić information content (AvgIpc) is 3.15. The van der Waals surface area contributed by atoms with Crippen LogP contribution in [0, 0.1) is 6.92 Å². The second-order valence-electron chi connectivity index (χ2n) is 6.27. The number of aromatic nitrogens is 4. The van der Waals surface area contributed by atoms with E-state index in [0.717, 1.165) is 11.3 Å². The Labute approximate surface area is 152 Å². The van der Waals surface area contributed by atoms with Gasteiger partial charge >= 0.3 is 0 Å². The molecule has 0 spiro atoms. The van der Waals surface area contributed by atoms with Crippen LogP contribution in [0.25, 0.3) is 5.69 Å². The van der Waals surface area contributed by atoms with Gasteiger partial charge in [0.25, 0.3) is 5.91 Å². The smallest absolute Gasteiger partial charge is 0.255 e. The lowest BCUT2D eigenvalue weighted by atomic mass is 10.1. The molecule has 0 aliphatic rings. The lowest BCUT2D eigenvalue weighted by Gasteiger charge is -2.19. The monoisotopic (exact) mass is 350 g/mol. The molecule has 2 aromatic heterocycles. The summed E-state index contributed by atoms with van der Waals surface area (Å²) >= 11 is 0. The predicted molar refractivity (Wildman–Crippen MR) is 101 cm³/mol. The predicted octanol–water partition coefficient (Wildman–Crippen LogP) is 2.53. The van der Waals surface area contributed by atoms with Gasteiger partial charge < -0.3 is 10.2 Å². The number of anilines is 1. The van der Waals surface area contributed by atoms with Gasteiger partial charge in [0.1, 0.15) is 0 Å². The normalized spacial score (nSPS) is 11.8. The molecular weight excluding hydrogens is 328 g/mol. The zero-order chi connectivity index (χ0) is 18.7. The fraction of sp³-hybridized carbons (Fsp3) is 0.263. The maximum absolute atomic E-state index is 12.7. The highest BCUT2D eigenvalue weighted by Gasteiger charge is 2.18. The molecular formula is C19H22N6O. The SMILES string of the molecule is Cc1nc(N(C)C)ncc1C(=O)NC(C)c1ccccc1-n1cccn1. The summed E-state index contributed by atoms with van der Waals surface area (Å²) in [7, 11) is 3.73. The van der Waals surface area contributed by atoms with Crippen LogP contribution in [-0.2, 0) is 0 Å². The lowest BCUT2D eigenvalue weighted by molar-refractivity contribution is 0.0938. The van der Waals surface area contributed by atoms with E-state index in [0.29, 0.717) is 17.2 Å². The second-order valence-corrected chi connectivity index (χ2v) is 6.27. The molecule has 0 aliphatic carbocycles.